The molecule has 104 valence electrons. The summed E-state index contributed by atoms with van der Waals surface area (Å²) in [6, 6.07) is 8.37. The highest BCUT2D eigenvalue weighted by Crippen LogP contribution is 2.26. The Hall–Kier alpha value is -1.65. The van der Waals surface area contributed by atoms with Crippen molar-refractivity contribution in [2.75, 3.05) is 6.54 Å². The number of nitrogens with one attached hydrogen (secondary N) is 1. The van der Waals surface area contributed by atoms with E-state index in [1.54, 1.807) is 11.3 Å². The molecular weight excluding hydrogens is 268 g/mol. The van der Waals surface area contributed by atoms with Crippen molar-refractivity contribution in [3.05, 3.63) is 57.3 Å². The number of carbonyl (C=O) groups is 1. The van der Waals surface area contributed by atoms with Gasteiger partial charge in [0.2, 0.25) is 5.91 Å². The van der Waals surface area contributed by atoms with Gasteiger partial charge in [0, 0.05) is 6.54 Å². The lowest BCUT2D eigenvalue weighted by Crippen LogP contribution is -2.29. The number of rotatable bonds is 3. The van der Waals surface area contributed by atoms with Crippen molar-refractivity contribution >= 4 is 17.2 Å². The van der Waals surface area contributed by atoms with E-state index in [4.69, 9.17) is 0 Å². The van der Waals surface area contributed by atoms with Crippen LogP contribution in [0.3, 0.4) is 0 Å². The average molecular weight is 286 g/mol. The Morgan fingerprint density at radius 1 is 1.25 bits per heavy atom. The van der Waals surface area contributed by atoms with Crippen molar-refractivity contribution < 1.29 is 4.79 Å². The second-order valence-electron chi connectivity index (χ2n) is 5.30. The van der Waals surface area contributed by atoms with E-state index in [1.807, 2.05) is 4.90 Å². The highest BCUT2D eigenvalue weighted by atomic mass is 32.1. The number of aryl methyl sites for hydroxylation is 2. The molecule has 0 aliphatic carbocycles. The molecule has 2 heterocycles. The lowest BCUT2D eigenvalue weighted by Gasteiger charge is -2.25. The summed E-state index contributed by atoms with van der Waals surface area (Å²) in [5, 5.41) is 7.57. The molecule has 1 atom stereocenters. The topological polar surface area (TPSA) is 32.3 Å². The summed E-state index contributed by atoms with van der Waals surface area (Å²) < 4.78 is 0. The maximum atomic E-state index is 12.1. The van der Waals surface area contributed by atoms with Crippen LogP contribution in [0.25, 0.3) is 0 Å². The third kappa shape index (κ3) is 2.49. The fourth-order valence-electron chi connectivity index (χ4n) is 2.50. The van der Waals surface area contributed by atoms with Gasteiger partial charge in [-0.2, -0.15) is 11.3 Å². The van der Waals surface area contributed by atoms with Crippen molar-refractivity contribution in [2.24, 2.45) is 0 Å². The van der Waals surface area contributed by atoms with Gasteiger partial charge in [-0.1, -0.05) is 29.8 Å². The highest BCUT2D eigenvalue weighted by Gasteiger charge is 2.31. The molecule has 0 radical (unpaired) electrons. The van der Waals surface area contributed by atoms with Gasteiger partial charge in [0.1, 0.15) is 6.17 Å². The van der Waals surface area contributed by atoms with Crippen LogP contribution in [-0.2, 0) is 11.3 Å². The Morgan fingerprint density at radius 3 is 2.65 bits per heavy atom. The summed E-state index contributed by atoms with van der Waals surface area (Å²) in [4.78, 5) is 14.1. The Morgan fingerprint density at radius 2 is 2.00 bits per heavy atom. The van der Waals surface area contributed by atoms with Gasteiger partial charge in [-0.05, 0) is 41.3 Å². The van der Waals surface area contributed by atoms with Crippen LogP contribution < -0.4 is 5.32 Å². The number of thiophene rings is 1. The van der Waals surface area contributed by atoms with Crippen molar-refractivity contribution in [3.8, 4) is 0 Å². The van der Waals surface area contributed by atoms with Crippen LogP contribution in [0.5, 0.6) is 0 Å². The molecule has 1 amide bonds. The van der Waals surface area contributed by atoms with E-state index in [9.17, 15) is 4.79 Å². The van der Waals surface area contributed by atoms with Crippen LogP contribution in [0, 0.1) is 13.8 Å². The summed E-state index contributed by atoms with van der Waals surface area (Å²) in [6.07, 6.45) is -0.0117. The second kappa shape index (κ2) is 5.38. The van der Waals surface area contributed by atoms with Crippen molar-refractivity contribution in [1.82, 2.24) is 10.2 Å². The number of hydrogen-bond donors (Lipinski definition) is 1. The first-order chi connectivity index (χ1) is 9.65. The molecule has 1 saturated heterocycles. The molecule has 1 aromatic heterocycles. The molecule has 20 heavy (non-hydrogen) atoms. The maximum Gasteiger partial charge on any atom is 0.238 e. The Labute approximate surface area is 123 Å². The summed E-state index contributed by atoms with van der Waals surface area (Å²) in [6.45, 7) is 5.27. The molecular formula is C16H18N2OS. The summed E-state index contributed by atoms with van der Waals surface area (Å²) in [7, 11) is 0. The monoisotopic (exact) mass is 286 g/mol. The zero-order valence-electron chi connectivity index (χ0n) is 11.7. The van der Waals surface area contributed by atoms with E-state index < -0.39 is 0 Å². The Kier molecular flexibility index (Phi) is 3.59. The summed E-state index contributed by atoms with van der Waals surface area (Å²) in [5.41, 5.74) is 4.88. The quantitative estimate of drug-likeness (QED) is 0.940. The van der Waals surface area contributed by atoms with Crippen LogP contribution >= 0.6 is 11.3 Å². The van der Waals surface area contributed by atoms with Gasteiger partial charge in [0.15, 0.2) is 0 Å². The first-order valence-electron chi connectivity index (χ1n) is 6.76. The van der Waals surface area contributed by atoms with Gasteiger partial charge in [0.05, 0.1) is 6.54 Å². The molecule has 1 unspecified atom stereocenters. The third-order valence-electron chi connectivity index (χ3n) is 3.77. The lowest BCUT2D eigenvalue weighted by atomic mass is 10.1. The zero-order chi connectivity index (χ0) is 14.1. The van der Waals surface area contributed by atoms with Crippen molar-refractivity contribution in [3.63, 3.8) is 0 Å². The normalized spacial score (nSPS) is 18.8. The number of carbonyl (C=O) groups excluding carboxylic acids is 1. The second-order valence-corrected chi connectivity index (χ2v) is 6.04. The molecule has 3 rings (SSSR count). The summed E-state index contributed by atoms with van der Waals surface area (Å²) >= 11 is 1.69. The first kappa shape index (κ1) is 13.3. The molecule has 1 aliphatic heterocycles. The molecule has 0 saturated carbocycles. The molecule has 0 spiro atoms. The van der Waals surface area contributed by atoms with Gasteiger partial charge in [-0.3, -0.25) is 10.1 Å². The predicted octanol–water partition coefficient (Wildman–Crippen LogP) is 3.00. The van der Waals surface area contributed by atoms with Crippen LogP contribution in [0.15, 0.2) is 35.0 Å². The van der Waals surface area contributed by atoms with Gasteiger partial charge in [-0.15, -0.1) is 0 Å². The van der Waals surface area contributed by atoms with E-state index in [1.165, 1.54) is 16.7 Å². The molecule has 1 aromatic carbocycles. The molecule has 1 fully saturated rings. The van der Waals surface area contributed by atoms with Gasteiger partial charge in [-0.25, -0.2) is 0 Å². The largest absolute Gasteiger partial charge is 0.317 e. The van der Waals surface area contributed by atoms with E-state index in [0.29, 0.717) is 13.1 Å². The van der Waals surface area contributed by atoms with Gasteiger partial charge >= 0.3 is 0 Å². The van der Waals surface area contributed by atoms with Gasteiger partial charge in [0.25, 0.3) is 0 Å². The first-order valence-corrected chi connectivity index (χ1v) is 7.70. The van der Waals surface area contributed by atoms with E-state index in [0.717, 1.165) is 5.56 Å². The fourth-order valence-corrected chi connectivity index (χ4v) is 3.35. The fraction of sp³-hybridized carbons (Fsp3) is 0.312. The maximum absolute atomic E-state index is 12.1. The Bertz CT molecular complexity index is 618. The van der Waals surface area contributed by atoms with E-state index in [-0.39, 0.29) is 12.1 Å². The number of nitrogens with zero attached hydrogens (tertiary/aromatic N) is 1. The van der Waals surface area contributed by atoms with Crippen LogP contribution in [0.4, 0.5) is 0 Å². The molecule has 1 aliphatic rings. The number of hydrogen-bond acceptors (Lipinski definition) is 3. The average Bonchev–Trinajstić information content (AvgIpc) is 3.00. The lowest BCUT2D eigenvalue weighted by molar-refractivity contribution is -0.128. The minimum absolute atomic E-state index is 0.0117. The van der Waals surface area contributed by atoms with Crippen LogP contribution in [0.1, 0.15) is 28.4 Å². The third-order valence-corrected chi connectivity index (χ3v) is 4.68. The Balaban J connectivity index is 1.85. The molecule has 0 bridgehead atoms. The van der Waals surface area contributed by atoms with Gasteiger partial charge < -0.3 is 4.90 Å². The standard InChI is InChI=1S/C16H18N2OS/c1-11-3-5-13(6-4-11)16-17-7-15(19)18(16)8-14-10-20-9-12(14)2/h3-6,9-10,16-17H,7-8H2,1-2H3. The van der Waals surface area contributed by atoms with Crippen LogP contribution in [0.2, 0.25) is 0 Å². The molecule has 1 N–H and O–H groups in total. The zero-order valence-corrected chi connectivity index (χ0v) is 12.5. The van der Waals surface area contributed by atoms with Crippen molar-refractivity contribution in [1.29, 1.82) is 0 Å². The predicted molar refractivity (Wildman–Crippen MR) is 81.5 cm³/mol. The van der Waals surface area contributed by atoms with Crippen LogP contribution in [-0.4, -0.2) is 17.4 Å². The molecule has 2 aromatic rings. The smallest absolute Gasteiger partial charge is 0.238 e. The number of amides is 1. The SMILES string of the molecule is Cc1ccc(C2NCC(=O)N2Cc2cscc2C)cc1. The van der Waals surface area contributed by atoms with E-state index >= 15 is 0 Å². The summed E-state index contributed by atoms with van der Waals surface area (Å²) in [5.74, 6) is 0.168. The highest BCUT2D eigenvalue weighted by molar-refractivity contribution is 7.08. The minimum Gasteiger partial charge on any atom is -0.317 e. The van der Waals surface area contributed by atoms with E-state index in [2.05, 4.69) is 54.2 Å². The molecule has 3 nitrogen and oxygen atoms in total. The minimum atomic E-state index is -0.0117. The number of benzene rings is 1. The van der Waals surface area contributed by atoms with Crippen molar-refractivity contribution in [2.45, 2.75) is 26.6 Å². The molecule has 4 heteroatoms.